The molecule has 0 unspecified atom stereocenters. The minimum Gasteiger partial charge on any atom is -0.368 e. The highest BCUT2D eigenvalue weighted by Crippen LogP contribution is 2.37. The summed E-state index contributed by atoms with van der Waals surface area (Å²) in [5.74, 6) is 0.471. The Kier molecular flexibility index (Phi) is 4.28. The number of halogens is 3. The van der Waals surface area contributed by atoms with Crippen molar-refractivity contribution in [1.29, 1.82) is 0 Å². The Morgan fingerprint density at radius 1 is 1.30 bits per heavy atom. The van der Waals surface area contributed by atoms with Gasteiger partial charge in [0.05, 0.1) is 5.56 Å². The van der Waals surface area contributed by atoms with Crippen molar-refractivity contribution in [3.8, 4) is 0 Å². The van der Waals surface area contributed by atoms with Crippen molar-refractivity contribution >= 4 is 5.69 Å². The van der Waals surface area contributed by atoms with Crippen LogP contribution < -0.4 is 10.6 Å². The van der Waals surface area contributed by atoms with Crippen molar-refractivity contribution in [2.45, 2.75) is 45.5 Å². The van der Waals surface area contributed by atoms with E-state index in [0.717, 1.165) is 31.1 Å². The fraction of sp³-hybridized carbons (Fsp3) is 0.600. The van der Waals surface area contributed by atoms with E-state index in [9.17, 15) is 13.2 Å². The van der Waals surface area contributed by atoms with Crippen molar-refractivity contribution in [1.82, 2.24) is 0 Å². The Morgan fingerprint density at radius 3 is 2.40 bits per heavy atom. The first kappa shape index (κ1) is 15.2. The van der Waals surface area contributed by atoms with E-state index in [1.807, 2.05) is 0 Å². The van der Waals surface area contributed by atoms with Crippen molar-refractivity contribution in [2.24, 2.45) is 11.7 Å². The number of nitrogens with zero attached hydrogens (tertiary/aromatic N) is 1. The number of nitrogens with two attached hydrogens (primary N) is 1. The molecule has 2 rings (SSSR count). The van der Waals surface area contributed by atoms with Crippen molar-refractivity contribution in [3.05, 3.63) is 29.3 Å². The molecule has 1 saturated carbocycles. The molecule has 1 aliphatic rings. The first-order valence-electron chi connectivity index (χ1n) is 6.99. The molecular formula is C15H21F3N2. The summed E-state index contributed by atoms with van der Waals surface area (Å²) in [6, 6.07) is 4.80. The molecule has 1 aliphatic carbocycles. The zero-order valence-corrected chi connectivity index (χ0v) is 11.9. The van der Waals surface area contributed by atoms with E-state index in [1.54, 1.807) is 12.1 Å². The first-order chi connectivity index (χ1) is 9.32. The van der Waals surface area contributed by atoms with Crippen LogP contribution in [0.25, 0.3) is 0 Å². The molecule has 0 radical (unpaired) electrons. The van der Waals surface area contributed by atoms with E-state index in [2.05, 4.69) is 18.7 Å². The van der Waals surface area contributed by atoms with E-state index in [4.69, 9.17) is 5.73 Å². The van der Waals surface area contributed by atoms with Gasteiger partial charge in [-0.15, -0.1) is 0 Å². The first-order valence-corrected chi connectivity index (χ1v) is 6.99. The molecule has 0 amide bonds. The molecule has 20 heavy (non-hydrogen) atoms. The van der Waals surface area contributed by atoms with E-state index in [-0.39, 0.29) is 12.1 Å². The van der Waals surface area contributed by atoms with Gasteiger partial charge in [-0.1, -0.05) is 13.8 Å². The second kappa shape index (κ2) is 5.64. The van der Waals surface area contributed by atoms with Crippen LogP contribution in [0.1, 0.15) is 37.8 Å². The lowest BCUT2D eigenvalue weighted by molar-refractivity contribution is -0.138. The quantitative estimate of drug-likeness (QED) is 0.892. The lowest BCUT2D eigenvalue weighted by Crippen LogP contribution is -2.30. The summed E-state index contributed by atoms with van der Waals surface area (Å²) in [6.07, 6.45) is -2.10. The third-order valence-corrected chi connectivity index (χ3v) is 3.50. The van der Waals surface area contributed by atoms with Gasteiger partial charge < -0.3 is 10.6 Å². The maximum absolute atomic E-state index is 12.9. The van der Waals surface area contributed by atoms with Crippen LogP contribution in [-0.4, -0.2) is 12.6 Å². The van der Waals surface area contributed by atoms with Crippen molar-refractivity contribution in [2.75, 3.05) is 11.4 Å². The zero-order chi connectivity index (χ0) is 14.9. The number of rotatable bonds is 5. The molecule has 0 aromatic heterocycles. The summed E-state index contributed by atoms with van der Waals surface area (Å²) >= 11 is 0. The number of benzene rings is 1. The number of hydrogen-bond donors (Lipinski definition) is 1. The molecule has 2 N–H and O–H groups in total. The number of anilines is 1. The summed E-state index contributed by atoms with van der Waals surface area (Å²) in [4.78, 5) is 2.21. The van der Waals surface area contributed by atoms with Crippen LogP contribution in [0.3, 0.4) is 0 Å². The summed E-state index contributed by atoms with van der Waals surface area (Å²) in [7, 11) is 0. The van der Waals surface area contributed by atoms with Gasteiger partial charge in [-0.3, -0.25) is 0 Å². The second-order valence-electron chi connectivity index (χ2n) is 5.82. The standard InChI is InChI=1S/C15H21F3N2/c1-10(2)9-20(12-3-4-12)13-5-6-14(15(16,17)18)11(7-13)8-19/h5-7,10,12H,3-4,8-9,19H2,1-2H3. The highest BCUT2D eigenvalue weighted by atomic mass is 19.4. The fourth-order valence-electron chi connectivity index (χ4n) is 2.45. The summed E-state index contributed by atoms with van der Waals surface area (Å²) in [6.45, 7) is 5.00. The van der Waals surface area contributed by atoms with Crippen LogP contribution >= 0.6 is 0 Å². The van der Waals surface area contributed by atoms with Gasteiger partial charge in [0.25, 0.3) is 0 Å². The molecule has 112 valence electrons. The molecule has 1 aromatic rings. The molecule has 1 aromatic carbocycles. The van der Waals surface area contributed by atoms with Crippen LogP contribution in [0.4, 0.5) is 18.9 Å². The fourth-order valence-corrected chi connectivity index (χ4v) is 2.45. The Morgan fingerprint density at radius 2 is 1.95 bits per heavy atom. The van der Waals surface area contributed by atoms with Crippen molar-refractivity contribution in [3.63, 3.8) is 0 Å². The van der Waals surface area contributed by atoms with Crippen molar-refractivity contribution < 1.29 is 13.2 Å². The summed E-state index contributed by atoms with van der Waals surface area (Å²) in [5.41, 5.74) is 5.90. The average molecular weight is 286 g/mol. The smallest absolute Gasteiger partial charge is 0.368 e. The van der Waals surface area contributed by atoms with Gasteiger partial charge in [0.2, 0.25) is 0 Å². The van der Waals surface area contributed by atoms with Crippen LogP contribution in [0, 0.1) is 5.92 Å². The lowest BCUT2D eigenvalue weighted by Gasteiger charge is -2.28. The topological polar surface area (TPSA) is 29.3 Å². The van der Waals surface area contributed by atoms with Crippen LogP contribution in [0.15, 0.2) is 18.2 Å². The normalized spacial score (nSPS) is 15.8. The summed E-state index contributed by atoms with van der Waals surface area (Å²) < 4.78 is 38.6. The molecule has 0 bridgehead atoms. The average Bonchev–Trinajstić information content (AvgIpc) is 3.18. The van der Waals surface area contributed by atoms with E-state index >= 15 is 0 Å². The number of alkyl halides is 3. The molecular weight excluding hydrogens is 265 g/mol. The predicted molar refractivity (Wildman–Crippen MR) is 74.5 cm³/mol. The highest BCUT2D eigenvalue weighted by molar-refractivity contribution is 5.53. The molecule has 5 heteroatoms. The van der Waals surface area contributed by atoms with Gasteiger partial charge in [-0.05, 0) is 42.5 Å². The van der Waals surface area contributed by atoms with Gasteiger partial charge in [0.1, 0.15) is 0 Å². The Balaban J connectivity index is 2.32. The largest absolute Gasteiger partial charge is 0.416 e. The van der Waals surface area contributed by atoms with Crippen LogP contribution in [0.5, 0.6) is 0 Å². The van der Waals surface area contributed by atoms with E-state index < -0.39 is 11.7 Å². The molecule has 1 fully saturated rings. The van der Waals surface area contributed by atoms with E-state index in [0.29, 0.717) is 12.0 Å². The van der Waals surface area contributed by atoms with Gasteiger partial charge in [0, 0.05) is 24.8 Å². The molecule has 0 heterocycles. The van der Waals surface area contributed by atoms with E-state index in [1.165, 1.54) is 0 Å². The Hall–Kier alpha value is -1.23. The van der Waals surface area contributed by atoms with Gasteiger partial charge >= 0.3 is 6.18 Å². The Bertz CT molecular complexity index is 465. The summed E-state index contributed by atoms with van der Waals surface area (Å²) in [5, 5.41) is 0. The second-order valence-corrected chi connectivity index (χ2v) is 5.82. The van der Waals surface area contributed by atoms with Crippen LogP contribution in [-0.2, 0) is 12.7 Å². The van der Waals surface area contributed by atoms with Gasteiger partial charge in [-0.25, -0.2) is 0 Å². The maximum Gasteiger partial charge on any atom is 0.416 e. The van der Waals surface area contributed by atoms with Crippen LogP contribution in [0.2, 0.25) is 0 Å². The SMILES string of the molecule is CC(C)CN(c1ccc(C(F)(F)F)c(CN)c1)C1CC1. The zero-order valence-electron chi connectivity index (χ0n) is 11.9. The molecule has 0 spiro atoms. The predicted octanol–water partition coefficient (Wildman–Crippen LogP) is 3.79. The number of hydrogen-bond acceptors (Lipinski definition) is 2. The third kappa shape index (κ3) is 3.45. The minimum absolute atomic E-state index is 0.0944. The molecule has 0 saturated heterocycles. The Labute approximate surface area is 117 Å². The molecule has 2 nitrogen and oxygen atoms in total. The molecule has 0 atom stereocenters. The molecule has 0 aliphatic heterocycles. The highest BCUT2D eigenvalue weighted by Gasteiger charge is 2.34. The van der Waals surface area contributed by atoms with Gasteiger partial charge in [0.15, 0.2) is 0 Å². The lowest BCUT2D eigenvalue weighted by atomic mass is 10.0. The maximum atomic E-state index is 12.9. The van der Waals surface area contributed by atoms with Gasteiger partial charge in [-0.2, -0.15) is 13.2 Å². The third-order valence-electron chi connectivity index (χ3n) is 3.50. The minimum atomic E-state index is -4.34. The monoisotopic (exact) mass is 286 g/mol.